The summed E-state index contributed by atoms with van der Waals surface area (Å²) in [6, 6.07) is 10.8. The SMILES string of the molecule is COC=C(Oc1ccccc1C(=O)OCC(=O)c1ccc([N+](=O)[O-])cc1)C(=O)OC. The summed E-state index contributed by atoms with van der Waals surface area (Å²) in [6.45, 7) is -0.594. The number of hydrogen-bond donors (Lipinski definition) is 0. The van der Waals surface area contributed by atoms with Crippen molar-refractivity contribution in [2.45, 2.75) is 0 Å². The number of esters is 2. The van der Waals surface area contributed by atoms with Crippen LogP contribution in [0.3, 0.4) is 0 Å². The Kier molecular flexibility index (Phi) is 7.63. The highest BCUT2D eigenvalue weighted by Crippen LogP contribution is 2.22. The van der Waals surface area contributed by atoms with Gasteiger partial charge in [0, 0.05) is 17.7 Å². The number of nitro groups is 1. The van der Waals surface area contributed by atoms with Gasteiger partial charge >= 0.3 is 11.9 Å². The molecule has 10 heteroatoms. The van der Waals surface area contributed by atoms with Gasteiger partial charge in [0.2, 0.25) is 5.76 Å². The van der Waals surface area contributed by atoms with Crippen LogP contribution in [-0.2, 0) is 19.0 Å². The first kappa shape index (κ1) is 22.1. The Morgan fingerprint density at radius 2 is 1.70 bits per heavy atom. The second-order valence-electron chi connectivity index (χ2n) is 5.61. The summed E-state index contributed by atoms with van der Waals surface area (Å²) in [4.78, 5) is 46.4. The Balaban J connectivity index is 2.10. The normalized spacial score (nSPS) is 10.7. The maximum atomic E-state index is 12.4. The highest BCUT2D eigenvalue weighted by atomic mass is 16.6. The summed E-state index contributed by atoms with van der Waals surface area (Å²) in [5.41, 5.74) is -0.0611. The van der Waals surface area contributed by atoms with Crippen LogP contribution in [0.5, 0.6) is 5.75 Å². The van der Waals surface area contributed by atoms with Gasteiger partial charge < -0.3 is 18.9 Å². The number of ketones is 1. The first-order valence-corrected chi connectivity index (χ1v) is 8.40. The molecule has 0 aliphatic heterocycles. The molecular formula is C20H17NO9. The summed E-state index contributed by atoms with van der Waals surface area (Å²) in [6.07, 6.45) is 1.01. The van der Waals surface area contributed by atoms with E-state index >= 15 is 0 Å². The summed E-state index contributed by atoms with van der Waals surface area (Å²) >= 11 is 0. The molecule has 2 aromatic carbocycles. The molecule has 2 aromatic rings. The Bertz CT molecular complexity index is 980. The number of benzene rings is 2. The number of hydrogen-bond acceptors (Lipinski definition) is 9. The minimum atomic E-state index is -0.873. The molecule has 0 N–H and O–H groups in total. The van der Waals surface area contributed by atoms with Crippen molar-refractivity contribution in [2.75, 3.05) is 20.8 Å². The number of non-ortho nitro benzene ring substituents is 1. The number of ether oxygens (including phenoxy) is 4. The number of methoxy groups -OCH3 is 2. The van der Waals surface area contributed by atoms with Crippen molar-refractivity contribution in [3.8, 4) is 5.75 Å². The molecule has 0 spiro atoms. The van der Waals surface area contributed by atoms with E-state index in [0.29, 0.717) is 0 Å². The maximum absolute atomic E-state index is 12.4. The van der Waals surface area contributed by atoms with Crippen LogP contribution in [0, 0.1) is 10.1 Å². The Morgan fingerprint density at radius 3 is 2.30 bits per heavy atom. The number of nitrogens with zero attached hydrogens (tertiary/aromatic N) is 1. The number of carbonyl (C=O) groups is 3. The van der Waals surface area contributed by atoms with Crippen molar-refractivity contribution < 1.29 is 38.3 Å². The van der Waals surface area contributed by atoms with E-state index in [0.717, 1.165) is 13.4 Å². The zero-order valence-electron chi connectivity index (χ0n) is 16.0. The van der Waals surface area contributed by atoms with Gasteiger partial charge in [0.25, 0.3) is 5.69 Å². The number of rotatable bonds is 9. The average Bonchev–Trinajstić information content (AvgIpc) is 2.76. The van der Waals surface area contributed by atoms with Gasteiger partial charge in [-0.3, -0.25) is 14.9 Å². The molecule has 0 saturated carbocycles. The molecule has 0 saturated heterocycles. The molecule has 10 nitrogen and oxygen atoms in total. The fraction of sp³-hybridized carbons (Fsp3) is 0.150. The van der Waals surface area contributed by atoms with Gasteiger partial charge in [-0.05, 0) is 24.3 Å². The second-order valence-corrected chi connectivity index (χ2v) is 5.61. The number of nitro benzene ring substituents is 1. The lowest BCUT2D eigenvalue weighted by atomic mass is 10.1. The first-order chi connectivity index (χ1) is 14.4. The van der Waals surface area contributed by atoms with Crippen molar-refractivity contribution >= 4 is 23.4 Å². The minimum Gasteiger partial charge on any atom is -0.500 e. The van der Waals surface area contributed by atoms with Gasteiger partial charge in [-0.15, -0.1) is 0 Å². The molecule has 0 aromatic heterocycles. The van der Waals surface area contributed by atoms with Gasteiger partial charge in [0.1, 0.15) is 17.6 Å². The zero-order chi connectivity index (χ0) is 22.1. The third-order valence-corrected chi connectivity index (χ3v) is 3.67. The summed E-state index contributed by atoms with van der Waals surface area (Å²) in [5.74, 6) is -2.57. The Hall–Kier alpha value is -4.21. The molecule has 156 valence electrons. The Labute approximate surface area is 170 Å². The van der Waals surface area contributed by atoms with Crippen LogP contribution in [0.2, 0.25) is 0 Å². The van der Waals surface area contributed by atoms with Crippen LogP contribution >= 0.6 is 0 Å². The molecule has 0 fully saturated rings. The molecule has 0 unspecified atom stereocenters. The minimum absolute atomic E-state index is 0.0148. The lowest BCUT2D eigenvalue weighted by Crippen LogP contribution is -2.16. The van der Waals surface area contributed by atoms with Crippen molar-refractivity contribution in [3.05, 3.63) is 81.8 Å². The van der Waals surface area contributed by atoms with Crippen molar-refractivity contribution in [2.24, 2.45) is 0 Å². The monoisotopic (exact) mass is 415 g/mol. The summed E-state index contributed by atoms with van der Waals surface area (Å²) in [5, 5.41) is 10.7. The molecule has 0 aliphatic rings. The van der Waals surface area contributed by atoms with Gasteiger partial charge in [-0.1, -0.05) is 12.1 Å². The van der Waals surface area contributed by atoms with Crippen molar-refractivity contribution in [1.29, 1.82) is 0 Å². The Morgan fingerprint density at radius 1 is 1.03 bits per heavy atom. The lowest BCUT2D eigenvalue weighted by molar-refractivity contribution is -0.384. The van der Waals surface area contributed by atoms with Crippen molar-refractivity contribution in [3.63, 3.8) is 0 Å². The third kappa shape index (κ3) is 5.64. The van der Waals surface area contributed by atoms with Gasteiger partial charge in [0.15, 0.2) is 12.4 Å². The van der Waals surface area contributed by atoms with E-state index in [1.54, 1.807) is 12.1 Å². The van der Waals surface area contributed by atoms with Crippen LogP contribution in [0.15, 0.2) is 60.6 Å². The van der Waals surface area contributed by atoms with E-state index in [9.17, 15) is 24.5 Å². The molecule has 0 heterocycles. The highest BCUT2D eigenvalue weighted by molar-refractivity contribution is 6.00. The van der Waals surface area contributed by atoms with Crippen LogP contribution in [0.1, 0.15) is 20.7 Å². The third-order valence-electron chi connectivity index (χ3n) is 3.67. The first-order valence-electron chi connectivity index (χ1n) is 8.40. The molecule has 2 rings (SSSR count). The molecule has 30 heavy (non-hydrogen) atoms. The van der Waals surface area contributed by atoms with E-state index in [4.69, 9.17) is 14.2 Å². The number of carbonyl (C=O) groups excluding carboxylic acids is 3. The second kappa shape index (κ2) is 10.4. The predicted molar refractivity (Wildman–Crippen MR) is 102 cm³/mol. The standard InChI is InChI=1S/C20H17NO9/c1-27-12-18(20(24)28-2)30-17-6-4-3-5-15(17)19(23)29-11-16(22)13-7-9-14(10-8-13)21(25)26/h3-10,12H,11H2,1-2H3. The number of Topliss-reactive ketones (excluding diaryl/α,β-unsaturated/α-hetero) is 1. The molecule has 0 aliphatic carbocycles. The van der Waals surface area contributed by atoms with Gasteiger partial charge in [-0.2, -0.15) is 0 Å². The van der Waals surface area contributed by atoms with E-state index in [-0.39, 0.29) is 28.3 Å². The lowest BCUT2D eigenvalue weighted by Gasteiger charge is -2.12. The molecule has 0 radical (unpaired) electrons. The van der Waals surface area contributed by atoms with E-state index in [1.807, 2.05) is 0 Å². The molecule has 0 amide bonds. The van der Waals surface area contributed by atoms with E-state index < -0.39 is 29.3 Å². The molecule has 0 atom stereocenters. The topological polar surface area (TPSA) is 131 Å². The molecular weight excluding hydrogens is 398 g/mol. The smallest absolute Gasteiger partial charge is 0.377 e. The van der Waals surface area contributed by atoms with Crippen LogP contribution in [-0.4, -0.2) is 43.5 Å². The highest BCUT2D eigenvalue weighted by Gasteiger charge is 2.20. The van der Waals surface area contributed by atoms with Crippen LogP contribution < -0.4 is 4.74 Å². The fourth-order valence-electron chi connectivity index (χ4n) is 2.23. The number of para-hydroxylation sites is 1. The van der Waals surface area contributed by atoms with Gasteiger partial charge in [0.05, 0.1) is 19.1 Å². The maximum Gasteiger partial charge on any atom is 0.377 e. The predicted octanol–water partition coefficient (Wildman–Crippen LogP) is 2.67. The van der Waals surface area contributed by atoms with Gasteiger partial charge in [-0.25, -0.2) is 9.59 Å². The van der Waals surface area contributed by atoms with Crippen LogP contribution in [0.25, 0.3) is 0 Å². The van der Waals surface area contributed by atoms with Crippen molar-refractivity contribution in [1.82, 2.24) is 0 Å². The fourth-order valence-corrected chi connectivity index (χ4v) is 2.23. The quantitative estimate of drug-likeness (QED) is 0.151. The van der Waals surface area contributed by atoms with Crippen LogP contribution in [0.4, 0.5) is 5.69 Å². The van der Waals surface area contributed by atoms with E-state index in [1.165, 1.54) is 43.5 Å². The van der Waals surface area contributed by atoms with E-state index in [2.05, 4.69) is 4.74 Å². The molecule has 0 bridgehead atoms. The average molecular weight is 415 g/mol. The summed E-state index contributed by atoms with van der Waals surface area (Å²) < 4.78 is 19.8. The zero-order valence-corrected chi connectivity index (χ0v) is 16.0. The summed E-state index contributed by atoms with van der Waals surface area (Å²) in [7, 11) is 2.45. The largest absolute Gasteiger partial charge is 0.500 e.